The zero-order chi connectivity index (χ0) is 12.8. The monoisotopic (exact) mass is 250 g/mol. The molecule has 1 aromatic rings. The van der Waals surface area contributed by atoms with Gasteiger partial charge in [0, 0.05) is 17.0 Å². The minimum atomic E-state index is -0.787. The summed E-state index contributed by atoms with van der Waals surface area (Å²) in [4.78, 5) is 10.9. The number of benzene rings is 1. The van der Waals surface area contributed by atoms with Crippen LogP contribution in [0.4, 0.5) is 0 Å². The molecule has 1 rings (SSSR count). The Balaban J connectivity index is 2.67. The molecule has 2 nitrogen and oxygen atoms in total. The molecule has 0 amide bonds. The molecule has 0 saturated carbocycles. The third-order valence-electron chi connectivity index (χ3n) is 2.52. The van der Waals surface area contributed by atoms with Gasteiger partial charge in [-0.3, -0.25) is 4.79 Å². The molecule has 0 aliphatic rings. The third kappa shape index (κ3) is 4.50. The highest BCUT2D eigenvalue weighted by molar-refractivity contribution is 6.30. The van der Waals surface area contributed by atoms with Crippen LogP contribution in [0.1, 0.15) is 25.8 Å². The molecule has 0 aliphatic carbocycles. The minimum absolute atomic E-state index is 0.0898. The topological polar surface area (TPSA) is 37.3 Å². The van der Waals surface area contributed by atoms with E-state index >= 15 is 0 Å². The van der Waals surface area contributed by atoms with Crippen LogP contribution >= 0.6 is 11.6 Å². The van der Waals surface area contributed by atoms with E-state index < -0.39 is 11.9 Å². The molecule has 1 N–H and O–H groups in total. The first-order valence-electron chi connectivity index (χ1n) is 5.48. The molecular formula is C14H15ClO2. The van der Waals surface area contributed by atoms with Crippen LogP contribution in [-0.4, -0.2) is 11.1 Å². The molecule has 1 unspecified atom stereocenters. The van der Waals surface area contributed by atoms with Gasteiger partial charge in [-0.05, 0) is 30.2 Å². The Morgan fingerprint density at radius 3 is 2.41 bits per heavy atom. The standard InChI is InChI=1S/C14H15ClO2/c1-10(2)13(14(16)17)5-3-4-11-6-8-12(15)9-7-11/h6-10,13H,5H2,1-2H3,(H,16,17). The average Bonchev–Trinajstić information content (AvgIpc) is 2.25. The Bertz CT molecular complexity index is 438. The van der Waals surface area contributed by atoms with E-state index in [1.807, 2.05) is 26.0 Å². The SMILES string of the molecule is CC(C)C(CC#Cc1ccc(Cl)cc1)C(=O)O. The van der Waals surface area contributed by atoms with Crippen molar-refractivity contribution < 1.29 is 9.90 Å². The van der Waals surface area contributed by atoms with Crippen molar-refractivity contribution in [2.45, 2.75) is 20.3 Å². The molecule has 0 aliphatic heterocycles. The molecular weight excluding hydrogens is 236 g/mol. The van der Waals surface area contributed by atoms with Gasteiger partial charge in [-0.2, -0.15) is 0 Å². The molecule has 90 valence electrons. The summed E-state index contributed by atoms with van der Waals surface area (Å²) in [6.45, 7) is 3.78. The van der Waals surface area contributed by atoms with Gasteiger partial charge in [0.2, 0.25) is 0 Å². The number of aliphatic carboxylic acids is 1. The van der Waals surface area contributed by atoms with Crippen LogP contribution in [0.5, 0.6) is 0 Å². The van der Waals surface area contributed by atoms with E-state index in [0.717, 1.165) is 5.56 Å². The summed E-state index contributed by atoms with van der Waals surface area (Å²) in [5.74, 6) is 4.75. The van der Waals surface area contributed by atoms with Gasteiger partial charge < -0.3 is 5.11 Å². The second-order valence-electron chi connectivity index (χ2n) is 4.20. The maximum Gasteiger partial charge on any atom is 0.307 e. The van der Waals surface area contributed by atoms with E-state index in [0.29, 0.717) is 11.4 Å². The summed E-state index contributed by atoms with van der Waals surface area (Å²) < 4.78 is 0. The Hall–Kier alpha value is -1.46. The number of halogens is 1. The number of hydrogen-bond acceptors (Lipinski definition) is 1. The van der Waals surface area contributed by atoms with Gasteiger partial charge in [-0.1, -0.05) is 37.3 Å². The van der Waals surface area contributed by atoms with Gasteiger partial charge in [-0.15, -0.1) is 0 Å². The minimum Gasteiger partial charge on any atom is -0.481 e. The first kappa shape index (κ1) is 13.6. The lowest BCUT2D eigenvalue weighted by atomic mass is 9.93. The first-order chi connectivity index (χ1) is 8.00. The smallest absolute Gasteiger partial charge is 0.307 e. The normalized spacial score (nSPS) is 11.8. The summed E-state index contributed by atoms with van der Waals surface area (Å²) in [6, 6.07) is 7.17. The highest BCUT2D eigenvalue weighted by Crippen LogP contribution is 2.15. The predicted octanol–water partition coefficient (Wildman–Crippen LogP) is 3.44. The fourth-order valence-electron chi connectivity index (χ4n) is 1.40. The molecule has 0 bridgehead atoms. The zero-order valence-corrected chi connectivity index (χ0v) is 10.7. The molecule has 0 saturated heterocycles. The molecule has 0 radical (unpaired) electrons. The van der Waals surface area contributed by atoms with Crippen LogP contribution in [0.3, 0.4) is 0 Å². The molecule has 17 heavy (non-hydrogen) atoms. The van der Waals surface area contributed by atoms with Gasteiger partial charge in [0.1, 0.15) is 0 Å². The molecule has 0 heterocycles. The Morgan fingerprint density at radius 1 is 1.35 bits per heavy atom. The predicted molar refractivity (Wildman–Crippen MR) is 68.9 cm³/mol. The van der Waals surface area contributed by atoms with Crippen molar-refractivity contribution in [2.75, 3.05) is 0 Å². The highest BCUT2D eigenvalue weighted by atomic mass is 35.5. The zero-order valence-electron chi connectivity index (χ0n) is 9.90. The van der Waals surface area contributed by atoms with E-state index in [4.69, 9.17) is 16.7 Å². The van der Waals surface area contributed by atoms with Crippen molar-refractivity contribution in [3.05, 3.63) is 34.9 Å². The summed E-state index contributed by atoms with van der Waals surface area (Å²) in [6.07, 6.45) is 0.371. The number of carboxylic acid groups (broad SMARTS) is 1. The van der Waals surface area contributed by atoms with Crippen molar-refractivity contribution in [3.63, 3.8) is 0 Å². The summed E-state index contributed by atoms with van der Waals surface area (Å²) in [5.41, 5.74) is 0.849. The fourth-order valence-corrected chi connectivity index (χ4v) is 1.53. The molecule has 0 spiro atoms. The lowest BCUT2D eigenvalue weighted by molar-refractivity contribution is -0.143. The van der Waals surface area contributed by atoms with Crippen molar-refractivity contribution >= 4 is 17.6 Å². The van der Waals surface area contributed by atoms with Gasteiger partial charge in [0.15, 0.2) is 0 Å². The van der Waals surface area contributed by atoms with E-state index in [1.54, 1.807) is 12.1 Å². The van der Waals surface area contributed by atoms with Crippen LogP contribution in [0.2, 0.25) is 5.02 Å². The average molecular weight is 251 g/mol. The second kappa shape index (κ2) is 6.32. The number of carbonyl (C=O) groups is 1. The van der Waals surface area contributed by atoms with Gasteiger partial charge in [0.05, 0.1) is 5.92 Å². The van der Waals surface area contributed by atoms with Crippen molar-refractivity contribution in [3.8, 4) is 11.8 Å². The van der Waals surface area contributed by atoms with Gasteiger partial charge in [-0.25, -0.2) is 0 Å². The summed E-state index contributed by atoms with van der Waals surface area (Å²) >= 11 is 5.75. The lowest BCUT2D eigenvalue weighted by Gasteiger charge is -2.11. The van der Waals surface area contributed by atoms with E-state index in [-0.39, 0.29) is 5.92 Å². The Kier molecular flexibility index (Phi) is 5.06. The summed E-state index contributed by atoms with van der Waals surface area (Å²) in [7, 11) is 0. The molecule has 1 aromatic carbocycles. The number of hydrogen-bond donors (Lipinski definition) is 1. The maximum absolute atomic E-state index is 10.9. The molecule has 1 atom stereocenters. The van der Waals surface area contributed by atoms with Crippen LogP contribution in [0, 0.1) is 23.7 Å². The lowest BCUT2D eigenvalue weighted by Crippen LogP contribution is -2.18. The van der Waals surface area contributed by atoms with E-state index in [9.17, 15) is 4.79 Å². The van der Waals surface area contributed by atoms with Crippen LogP contribution < -0.4 is 0 Å². The van der Waals surface area contributed by atoms with Crippen LogP contribution in [0.15, 0.2) is 24.3 Å². The first-order valence-corrected chi connectivity index (χ1v) is 5.85. The molecule has 0 fully saturated rings. The highest BCUT2D eigenvalue weighted by Gasteiger charge is 2.19. The molecule has 0 aromatic heterocycles. The number of rotatable bonds is 3. The van der Waals surface area contributed by atoms with E-state index in [1.165, 1.54) is 0 Å². The second-order valence-corrected chi connectivity index (χ2v) is 4.64. The summed E-state index contributed by atoms with van der Waals surface area (Å²) in [5, 5.41) is 9.66. The van der Waals surface area contributed by atoms with Gasteiger partial charge >= 0.3 is 5.97 Å². The quantitative estimate of drug-likeness (QED) is 0.835. The van der Waals surface area contributed by atoms with Crippen molar-refractivity contribution in [2.24, 2.45) is 11.8 Å². The van der Waals surface area contributed by atoms with Gasteiger partial charge in [0.25, 0.3) is 0 Å². The van der Waals surface area contributed by atoms with Crippen LogP contribution in [0.25, 0.3) is 0 Å². The maximum atomic E-state index is 10.9. The van der Waals surface area contributed by atoms with Crippen LogP contribution in [-0.2, 0) is 4.79 Å². The largest absolute Gasteiger partial charge is 0.481 e. The number of carboxylic acids is 1. The third-order valence-corrected chi connectivity index (χ3v) is 2.77. The van der Waals surface area contributed by atoms with Crippen molar-refractivity contribution in [1.29, 1.82) is 0 Å². The molecule has 3 heteroatoms. The van der Waals surface area contributed by atoms with Crippen molar-refractivity contribution in [1.82, 2.24) is 0 Å². The fraction of sp³-hybridized carbons (Fsp3) is 0.357. The Labute approximate surface area is 107 Å². The Morgan fingerprint density at radius 2 is 1.94 bits per heavy atom. The van der Waals surface area contributed by atoms with E-state index in [2.05, 4.69) is 11.8 Å².